The van der Waals surface area contributed by atoms with Gasteiger partial charge in [0.25, 0.3) is 0 Å². The fourth-order valence-corrected chi connectivity index (χ4v) is 3.22. The van der Waals surface area contributed by atoms with Gasteiger partial charge in [-0.25, -0.2) is 8.78 Å². The van der Waals surface area contributed by atoms with Crippen molar-refractivity contribution in [3.05, 3.63) is 28.2 Å². The minimum absolute atomic E-state index is 0.0168. The van der Waals surface area contributed by atoms with Crippen molar-refractivity contribution in [2.24, 2.45) is 5.92 Å². The molecular weight excluding hydrogens is 312 g/mol. The van der Waals surface area contributed by atoms with Crippen LogP contribution in [-0.2, 0) is 0 Å². The summed E-state index contributed by atoms with van der Waals surface area (Å²) in [7, 11) is 0. The third kappa shape index (κ3) is 3.91. The lowest BCUT2D eigenvalue weighted by Gasteiger charge is -2.19. The highest BCUT2D eigenvalue weighted by Crippen LogP contribution is 2.30. The summed E-state index contributed by atoms with van der Waals surface area (Å²) in [6, 6.07) is 2.79. The Morgan fingerprint density at radius 2 is 1.84 bits per heavy atom. The molecule has 19 heavy (non-hydrogen) atoms. The van der Waals surface area contributed by atoms with Gasteiger partial charge in [0.15, 0.2) is 0 Å². The third-order valence-electron chi connectivity index (χ3n) is 4.02. The van der Waals surface area contributed by atoms with Gasteiger partial charge in [0.05, 0.1) is 0 Å². The second-order valence-corrected chi connectivity index (χ2v) is 6.28. The van der Waals surface area contributed by atoms with Crippen LogP contribution in [0.1, 0.15) is 45.4 Å². The Balaban J connectivity index is 2.05. The first kappa shape index (κ1) is 14.8. The van der Waals surface area contributed by atoms with Gasteiger partial charge < -0.3 is 5.32 Å². The molecule has 2 atom stereocenters. The van der Waals surface area contributed by atoms with Crippen LogP contribution < -0.4 is 5.32 Å². The molecule has 0 amide bonds. The van der Waals surface area contributed by atoms with Gasteiger partial charge in [-0.15, -0.1) is 0 Å². The van der Waals surface area contributed by atoms with Crippen LogP contribution in [-0.4, -0.2) is 6.04 Å². The van der Waals surface area contributed by atoms with E-state index in [1.54, 1.807) is 0 Å². The quantitative estimate of drug-likeness (QED) is 0.721. The zero-order valence-electron chi connectivity index (χ0n) is 11.2. The molecule has 0 saturated heterocycles. The molecular formula is C15H20BrF2N. The van der Waals surface area contributed by atoms with E-state index in [0.29, 0.717) is 4.47 Å². The molecule has 1 aliphatic carbocycles. The molecule has 0 spiro atoms. The number of anilines is 1. The summed E-state index contributed by atoms with van der Waals surface area (Å²) >= 11 is 3.09. The monoisotopic (exact) mass is 331 g/mol. The summed E-state index contributed by atoms with van der Waals surface area (Å²) in [6.07, 6.45) is 6.70. The number of halogens is 3. The maximum Gasteiger partial charge on any atom is 0.150 e. The molecule has 1 saturated carbocycles. The van der Waals surface area contributed by atoms with Crippen molar-refractivity contribution in [2.45, 2.75) is 51.5 Å². The number of hydrogen-bond acceptors (Lipinski definition) is 1. The zero-order valence-corrected chi connectivity index (χ0v) is 12.8. The first-order valence-corrected chi connectivity index (χ1v) is 7.80. The van der Waals surface area contributed by atoms with Crippen molar-refractivity contribution in [1.82, 2.24) is 0 Å². The maximum atomic E-state index is 13.8. The van der Waals surface area contributed by atoms with Crippen molar-refractivity contribution in [1.29, 1.82) is 0 Å². The van der Waals surface area contributed by atoms with Crippen LogP contribution in [0.25, 0.3) is 0 Å². The van der Waals surface area contributed by atoms with Crippen molar-refractivity contribution in [3.63, 3.8) is 0 Å². The van der Waals surface area contributed by atoms with E-state index in [2.05, 4.69) is 28.2 Å². The van der Waals surface area contributed by atoms with Crippen LogP contribution in [0.5, 0.6) is 0 Å². The lowest BCUT2D eigenvalue weighted by molar-refractivity contribution is 0.444. The number of rotatable bonds is 3. The van der Waals surface area contributed by atoms with E-state index < -0.39 is 11.6 Å². The van der Waals surface area contributed by atoms with Crippen molar-refractivity contribution >= 4 is 21.6 Å². The second-order valence-electron chi connectivity index (χ2n) is 5.37. The lowest BCUT2D eigenvalue weighted by atomic mass is 9.98. The Hall–Kier alpha value is -0.640. The summed E-state index contributed by atoms with van der Waals surface area (Å²) in [4.78, 5) is 0. The van der Waals surface area contributed by atoms with E-state index in [9.17, 15) is 8.78 Å². The molecule has 1 fully saturated rings. The van der Waals surface area contributed by atoms with Gasteiger partial charge in [-0.05, 0) is 37.3 Å². The van der Waals surface area contributed by atoms with Crippen molar-refractivity contribution < 1.29 is 8.78 Å². The summed E-state index contributed by atoms with van der Waals surface area (Å²) in [6.45, 7) is 2.21. The molecule has 1 N–H and O–H groups in total. The highest BCUT2D eigenvalue weighted by Gasteiger charge is 2.20. The smallest absolute Gasteiger partial charge is 0.150 e. The van der Waals surface area contributed by atoms with Gasteiger partial charge in [-0.1, -0.05) is 42.1 Å². The lowest BCUT2D eigenvalue weighted by Crippen LogP contribution is -2.20. The molecule has 4 heteroatoms. The van der Waals surface area contributed by atoms with E-state index in [-0.39, 0.29) is 11.7 Å². The fraction of sp³-hybridized carbons (Fsp3) is 0.600. The van der Waals surface area contributed by atoms with Gasteiger partial charge >= 0.3 is 0 Å². The highest BCUT2D eigenvalue weighted by atomic mass is 79.9. The molecule has 106 valence electrons. The van der Waals surface area contributed by atoms with E-state index in [4.69, 9.17) is 0 Å². The molecule has 0 bridgehead atoms. The Morgan fingerprint density at radius 1 is 1.16 bits per heavy atom. The molecule has 1 aromatic rings. The van der Waals surface area contributed by atoms with Gasteiger partial charge in [0, 0.05) is 10.5 Å². The molecule has 2 unspecified atom stereocenters. The van der Waals surface area contributed by atoms with Crippen LogP contribution in [0.2, 0.25) is 0 Å². The fourth-order valence-electron chi connectivity index (χ4n) is 2.82. The Kier molecular flexibility index (Phi) is 5.20. The Labute approximate surface area is 121 Å². The van der Waals surface area contributed by atoms with E-state index in [0.717, 1.165) is 31.6 Å². The number of benzene rings is 1. The summed E-state index contributed by atoms with van der Waals surface area (Å²) in [5, 5.41) is 3.06. The molecule has 0 heterocycles. The Bertz CT molecular complexity index is 413. The molecule has 0 aliphatic heterocycles. The molecule has 1 nitrogen and oxygen atoms in total. The maximum absolute atomic E-state index is 13.8. The average molecular weight is 332 g/mol. The molecule has 2 rings (SSSR count). The minimum Gasteiger partial charge on any atom is -0.378 e. The number of nitrogens with one attached hydrogen (secondary N) is 1. The largest absolute Gasteiger partial charge is 0.378 e. The molecule has 1 aromatic carbocycles. The molecule has 0 radical (unpaired) electrons. The van der Waals surface area contributed by atoms with Crippen LogP contribution >= 0.6 is 15.9 Å². The van der Waals surface area contributed by atoms with Gasteiger partial charge in [0.2, 0.25) is 0 Å². The first-order chi connectivity index (χ1) is 9.10. The van der Waals surface area contributed by atoms with Gasteiger partial charge in [0.1, 0.15) is 17.3 Å². The average Bonchev–Trinajstić information content (AvgIpc) is 2.58. The van der Waals surface area contributed by atoms with Crippen LogP contribution in [0.4, 0.5) is 14.5 Å². The normalized spacial score (nSPS) is 24.0. The summed E-state index contributed by atoms with van der Waals surface area (Å²) < 4.78 is 28.0. The topological polar surface area (TPSA) is 12.0 Å². The molecule has 1 aliphatic rings. The van der Waals surface area contributed by atoms with Crippen molar-refractivity contribution in [2.75, 3.05) is 5.32 Å². The van der Waals surface area contributed by atoms with E-state index in [1.165, 1.54) is 25.0 Å². The predicted octanol–water partition coefficient (Wildman–Crippen LogP) is 5.50. The second kappa shape index (κ2) is 6.69. The summed E-state index contributed by atoms with van der Waals surface area (Å²) in [5.41, 5.74) is 0.0168. The van der Waals surface area contributed by atoms with Crippen LogP contribution in [0.15, 0.2) is 16.6 Å². The van der Waals surface area contributed by atoms with Gasteiger partial charge in [-0.2, -0.15) is 0 Å². The zero-order chi connectivity index (χ0) is 13.8. The highest BCUT2D eigenvalue weighted by molar-refractivity contribution is 9.10. The van der Waals surface area contributed by atoms with Gasteiger partial charge in [-0.3, -0.25) is 0 Å². The molecule has 0 aromatic heterocycles. The minimum atomic E-state index is -0.525. The predicted molar refractivity (Wildman–Crippen MR) is 78.3 cm³/mol. The number of hydrogen-bond donors (Lipinski definition) is 1. The van der Waals surface area contributed by atoms with Crippen LogP contribution in [0.3, 0.4) is 0 Å². The SMILES string of the molecule is CCC1CCCC(Nc2c(F)cc(Br)cc2F)CC1. The van der Waals surface area contributed by atoms with E-state index in [1.807, 2.05) is 0 Å². The summed E-state index contributed by atoms with van der Waals surface area (Å²) in [5.74, 6) is -0.280. The third-order valence-corrected chi connectivity index (χ3v) is 4.48. The first-order valence-electron chi connectivity index (χ1n) is 7.01. The standard InChI is InChI=1S/C15H20BrF2N/c1-2-10-4-3-5-12(7-6-10)19-15-13(17)8-11(16)9-14(15)18/h8-10,12,19H,2-7H2,1H3. The Morgan fingerprint density at radius 3 is 2.47 bits per heavy atom. The van der Waals surface area contributed by atoms with Crippen molar-refractivity contribution in [3.8, 4) is 0 Å². The van der Waals surface area contributed by atoms with E-state index >= 15 is 0 Å². The van der Waals surface area contributed by atoms with Crippen LogP contribution in [0, 0.1) is 17.6 Å².